The molecule has 0 radical (unpaired) electrons. The third-order valence-electron chi connectivity index (χ3n) is 3.43. The summed E-state index contributed by atoms with van der Waals surface area (Å²) in [5.41, 5.74) is 1.80. The van der Waals surface area contributed by atoms with Crippen molar-refractivity contribution in [3.63, 3.8) is 0 Å². The summed E-state index contributed by atoms with van der Waals surface area (Å²) in [6, 6.07) is 13.7. The molecule has 0 bridgehead atoms. The summed E-state index contributed by atoms with van der Waals surface area (Å²) >= 11 is 5.81. The molecule has 0 saturated heterocycles. The molecule has 3 aromatic rings. The topological polar surface area (TPSA) is 92.9 Å². The number of carbonyl (C=O) groups is 1. The van der Waals surface area contributed by atoms with Gasteiger partial charge in [-0.25, -0.2) is 4.68 Å². The lowest BCUT2D eigenvalue weighted by atomic mass is 10.1. The van der Waals surface area contributed by atoms with E-state index in [4.69, 9.17) is 11.6 Å². The maximum atomic E-state index is 12.3. The summed E-state index contributed by atoms with van der Waals surface area (Å²) in [6.45, 7) is 0.0928. The van der Waals surface area contributed by atoms with Crippen LogP contribution in [-0.2, 0) is 0 Å². The van der Waals surface area contributed by atoms with E-state index >= 15 is 0 Å². The first-order valence-electron chi connectivity index (χ1n) is 7.18. The van der Waals surface area contributed by atoms with Gasteiger partial charge in [-0.2, -0.15) is 0 Å². The molecule has 1 aromatic heterocycles. The minimum Gasteiger partial charge on any atom is -0.387 e. The van der Waals surface area contributed by atoms with Crippen molar-refractivity contribution in [3.8, 4) is 5.69 Å². The molecular formula is C16H14ClN5O2. The van der Waals surface area contributed by atoms with Crippen LogP contribution >= 0.6 is 11.6 Å². The third kappa shape index (κ3) is 3.76. The molecule has 0 aliphatic rings. The van der Waals surface area contributed by atoms with Crippen LogP contribution in [0.1, 0.15) is 22.0 Å². The van der Waals surface area contributed by atoms with E-state index in [1.807, 2.05) is 0 Å². The molecule has 8 heteroatoms. The summed E-state index contributed by atoms with van der Waals surface area (Å²) in [6.07, 6.45) is 0.635. The second-order valence-corrected chi connectivity index (χ2v) is 5.52. The van der Waals surface area contributed by atoms with Gasteiger partial charge in [-0.1, -0.05) is 29.8 Å². The second-order valence-electron chi connectivity index (χ2n) is 5.08. The number of hydrogen-bond acceptors (Lipinski definition) is 5. The van der Waals surface area contributed by atoms with E-state index in [2.05, 4.69) is 20.8 Å². The lowest BCUT2D eigenvalue weighted by Gasteiger charge is -2.12. The van der Waals surface area contributed by atoms with Crippen molar-refractivity contribution >= 4 is 17.5 Å². The number of amides is 1. The van der Waals surface area contributed by atoms with Crippen LogP contribution in [0, 0.1) is 0 Å². The number of halogens is 1. The summed E-state index contributed by atoms with van der Waals surface area (Å²) in [4.78, 5) is 12.3. The van der Waals surface area contributed by atoms with Crippen molar-refractivity contribution < 1.29 is 9.90 Å². The van der Waals surface area contributed by atoms with Crippen LogP contribution in [0.15, 0.2) is 54.9 Å². The smallest absolute Gasteiger partial charge is 0.251 e. The fourth-order valence-corrected chi connectivity index (χ4v) is 2.29. The molecule has 1 unspecified atom stereocenters. The molecule has 2 N–H and O–H groups in total. The minimum absolute atomic E-state index is 0.0928. The first-order valence-corrected chi connectivity index (χ1v) is 7.56. The lowest BCUT2D eigenvalue weighted by molar-refractivity contribution is 0.0916. The van der Waals surface area contributed by atoms with Crippen LogP contribution in [0.25, 0.3) is 5.69 Å². The third-order valence-corrected chi connectivity index (χ3v) is 3.68. The molecule has 122 valence electrons. The molecule has 7 nitrogen and oxygen atoms in total. The van der Waals surface area contributed by atoms with Gasteiger partial charge in [0.15, 0.2) is 0 Å². The zero-order valence-electron chi connectivity index (χ0n) is 12.5. The minimum atomic E-state index is -0.811. The van der Waals surface area contributed by atoms with Gasteiger partial charge < -0.3 is 10.4 Å². The summed E-state index contributed by atoms with van der Waals surface area (Å²) in [7, 11) is 0. The summed E-state index contributed by atoms with van der Waals surface area (Å²) in [5, 5.41) is 24.3. The van der Waals surface area contributed by atoms with Crippen LogP contribution in [0.2, 0.25) is 5.02 Å². The van der Waals surface area contributed by atoms with Gasteiger partial charge in [-0.05, 0) is 46.3 Å². The Morgan fingerprint density at radius 3 is 2.75 bits per heavy atom. The monoisotopic (exact) mass is 343 g/mol. The lowest BCUT2D eigenvalue weighted by Crippen LogP contribution is -2.28. The Kier molecular flexibility index (Phi) is 4.83. The molecule has 2 aromatic carbocycles. The Hall–Kier alpha value is -2.77. The standard InChI is InChI=1S/C16H14ClN5O2/c17-13-6-4-11(5-7-13)15(23)9-18-16(24)12-2-1-3-14(8-12)22-10-19-20-21-22/h1-8,10,15,23H,9H2,(H,18,24). The highest BCUT2D eigenvalue weighted by Crippen LogP contribution is 2.16. The van der Waals surface area contributed by atoms with Crippen LogP contribution in [0.4, 0.5) is 0 Å². The van der Waals surface area contributed by atoms with E-state index in [9.17, 15) is 9.90 Å². The Morgan fingerprint density at radius 2 is 2.04 bits per heavy atom. The molecule has 0 aliphatic heterocycles. The van der Waals surface area contributed by atoms with Crippen molar-refractivity contribution in [1.29, 1.82) is 0 Å². The molecule has 0 aliphatic carbocycles. The van der Waals surface area contributed by atoms with Crippen molar-refractivity contribution in [2.45, 2.75) is 6.10 Å². The molecule has 1 heterocycles. The first kappa shape index (κ1) is 16.1. The number of nitrogens with zero attached hydrogens (tertiary/aromatic N) is 4. The van der Waals surface area contributed by atoms with Gasteiger partial charge in [-0.3, -0.25) is 4.79 Å². The average Bonchev–Trinajstić information content (AvgIpc) is 3.15. The first-order chi connectivity index (χ1) is 11.6. The molecular weight excluding hydrogens is 330 g/mol. The highest BCUT2D eigenvalue weighted by Gasteiger charge is 2.12. The van der Waals surface area contributed by atoms with Gasteiger partial charge >= 0.3 is 0 Å². The normalized spacial score (nSPS) is 11.9. The summed E-state index contributed by atoms with van der Waals surface area (Å²) in [5.74, 6) is -0.294. The molecule has 1 atom stereocenters. The largest absolute Gasteiger partial charge is 0.387 e. The summed E-state index contributed by atoms with van der Waals surface area (Å²) < 4.78 is 1.46. The van der Waals surface area contributed by atoms with Crippen LogP contribution in [0.5, 0.6) is 0 Å². The highest BCUT2D eigenvalue weighted by molar-refractivity contribution is 6.30. The van der Waals surface area contributed by atoms with E-state index in [0.717, 1.165) is 0 Å². The van der Waals surface area contributed by atoms with Crippen LogP contribution in [-0.4, -0.2) is 37.8 Å². The molecule has 0 spiro atoms. The van der Waals surface area contributed by atoms with Gasteiger partial charge in [-0.15, -0.1) is 5.10 Å². The van der Waals surface area contributed by atoms with Gasteiger partial charge in [0.2, 0.25) is 0 Å². The SMILES string of the molecule is O=C(NCC(O)c1ccc(Cl)cc1)c1cccc(-n2cnnn2)c1. The molecule has 24 heavy (non-hydrogen) atoms. The van der Waals surface area contributed by atoms with Gasteiger partial charge in [0.25, 0.3) is 5.91 Å². The number of benzene rings is 2. The van der Waals surface area contributed by atoms with Crippen molar-refractivity contribution in [3.05, 3.63) is 71.0 Å². The fourth-order valence-electron chi connectivity index (χ4n) is 2.16. The number of nitrogens with one attached hydrogen (secondary N) is 1. The number of rotatable bonds is 5. The second kappa shape index (κ2) is 7.20. The van der Waals surface area contributed by atoms with Gasteiger partial charge in [0.1, 0.15) is 6.33 Å². The van der Waals surface area contributed by atoms with E-state index in [-0.39, 0.29) is 12.5 Å². The highest BCUT2D eigenvalue weighted by atomic mass is 35.5. The van der Waals surface area contributed by atoms with E-state index in [0.29, 0.717) is 21.8 Å². The van der Waals surface area contributed by atoms with Crippen molar-refractivity contribution in [2.75, 3.05) is 6.54 Å². The number of carbonyl (C=O) groups excluding carboxylic acids is 1. The maximum Gasteiger partial charge on any atom is 0.251 e. The predicted octanol–water partition coefficient (Wildman–Crippen LogP) is 1.78. The molecule has 0 saturated carbocycles. The van der Waals surface area contributed by atoms with Crippen molar-refractivity contribution in [1.82, 2.24) is 25.5 Å². The quantitative estimate of drug-likeness (QED) is 0.736. The number of tetrazole rings is 1. The fraction of sp³-hybridized carbons (Fsp3) is 0.125. The van der Waals surface area contributed by atoms with E-state index in [1.165, 1.54) is 11.0 Å². The Balaban J connectivity index is 1.65. The van der Waals surface area contributed by atoms with E-state index in [1.54, 1.807) is 48.5 Å². The molecule has 0 fully saturated rings. The van der Waals surface area contributed by atoms with Crippen molar-refractivity contribution in [2.24, 2.45) is 0 Å². The number of hydrogen-bond donors (Lipinski definition) is 2. The van der Waals surface area contributed by atoms with Crippen LogP contribution in [0.3, 0.4) is 0 Å². The van der Waals surface area contributed by atoms with Gasteiger partial charge in [0, 0.05) is 17.1 Å². The van der Waals surface area contributed by atoms with Gasteiger partial charge in [0.05, 0.1) is 11.8 Å². The average molecular weight is 344 g/mol. The number of aromatic nitrogens is 4. The number of aliphatic hydroxyl groups excluding tert-OH is 1. The van der Waals surface area contributed by atoms with Crippen LogP contribution < -0.4 is 5.32 Å². The number of aliphatic hydroxyl groups is 1. The maximum absolute atomic E-state index is 12.3. The predicted molar refractivity (Wildman–Crippen MR) is 87.9 cm³/mol. The Morgan fingerprint density at radius 1 is 1.25 bits per heavy atom. The zero-order chi connectivity index (χ0) is 16.9. The Bertz CT molecular complexity index is 821. The molecule has 1 amide bonds. The zero-order valence-corrected chi connectivity index (χ0v) is 13.3. The molecule has 3 rings (SSSR count). The van der Waals surface area contributed by atoms with E-state index < -0.39 is 6.10 Å². The Labute approximate surface area is 142 Å².